The van der Waals surface area contributed by atoms with Crippen molar-refractivity contribution in [1.29, 1.82) is 0 Å². The fourth-order valence-corrected chi connectivity index (χ4v) is 7.01. The Morgan fingerprint density at radius 1 is 0.609 bits per heavy atom. The average molecular weight is 320 g/mol. The van der Waals surface area contributed by atoms with E-state index in [1.807, 2.05) is 0 Å². The monoisotopic (exact) mass is 320 g/mol. The van der Waals surface area contributed by atoms with Gasteiger partial charge in [-0.1, -0.05) is 71.8 Å². The number of hydrogen-bond donors (Lipinski definition) is 0. The molecule has 0 nitrogen and oxygen atoms in total. The van der Waals surface area contributed by atoms with Gasteiger partial charge in [-0.3, -0.25) is 0 Å². The molecule has 0 saturated carbocycles. The molecule has 2 aromatic carbocycles. The molecule has 0 fully saturated rings. The molecule has 1 heteroatoms. The first-order chi connectivity index (χ1) is 11.0. The topological polar surface area (TPSA) is 0 Å². The Morgan fingerprint density at radius 2 is 0.957 bits per heavy atom. The zero-order valence-corrected chi connectivity index (χ0v) is 15.6. The second-order valence-electron chi connectivity index (χ2n) is 6.58. The van der Waals surface area contributed by atoms with Crippen molar-refractivity contribution in [3.63, 3.8) is 0 Å². The highest BCUT2D eigenvalue weighted by Gasteiger charge is 2.44. The van der Waals surface area contributed by atoms with Gasteiger partial charge in [0, 0.05) is 5.16 Å². The Bertz CT molecular complexity index is 703. The molecule has 0 spiro atoms. The molecule has 0 bridgehead atoms. The Labute approximate surface area is 141 Å². The van der Waals surface area contributed by atoms with Gasteiger partial charge in [-0.2, -0.15) is 0 Å². The van der Waals surface area contributed by atoms with Crippen LogP contribution in [0.2, 0.25) is 0 Å². The molecule has 1 aliphatic carbocycles. The van der Waals surface area contributed by atoms with Crippen LogP contribution in [0.4, 0.5) is 0 Å². The summed E-state index contributed by atoms with van der Waals surface area (Å²) in [5.74, 6) is 0. The molecular formula is C22H25P. The van der Waals surface area contributed by atoms with Crippen LogP contribution in [0, 0.1) is 0 Å². The van der Waals surface area contributed by atoms with Crippen LogP contribution in [0.5, 0.6) is 0 Å². The number of allylic oxidation sites excluding steroid dienone is 4. The highest BCUT2D eigenvalue weighted by molar-refractivity contribution is 7.74. The number of hydrogen-bond acceptors (Lipinski definition) is 0. The second kappa shape index (κ2) is 6.10. The summed E-state index contributed by atoms with van der Waals surface area (Å²) < 4.78 is 0. The van der Waals surface area contributed by atoms with Crippen LogP contribution in [0.3, 0.4) is 0 Å². The summed E-state index contributed by atoms with van der Waals surface area (Å²) >= 11 is 0. The third-order valence-corrected chi connectivity index (χ3v) is 8.82. The molecule has 0 heterocycles. The van der Waals surface area contributed by atoms with Crippen LogP contribution in [0.1, 0.15) is 34.6 Å². The Morgan fingerprint density at radius 3 is 1.30 bits per heavy atom. The summed E-state index contributed by atoms with van der Waals surface area (Å²) in [6, 6.07) is 22.1. The molecule has 0 amide bonds. The summed E-state index contributed by atoms with van der Waals surface area (Å²) in [4.78, 5) is 0. The first kappa shape index (κ1) is 16.2. The van der Waals surface area contributed by atoms with Gasteiger partial charge in [-0.15, -0.1) is 0 Å². The van der Waals surface area contributed by atoms with E-state index >= 15 is 0 Å². The average Bonchev–Trinajstić information content (AvgIpc) is 2.73. The largest absolute Gasteiger partial charge is 0.0622 e. The number of benzene rings is 2. The summed E-state index contributed by atoms with van der Waals surface area (Å²) in [6.07, 6.45) is 0. The summed E-state index contributed by atoms with van der Waals surface area (Å²) in [7, 11) is -0.482. The minimum atomic E-state index is -0.482. The van der Waals surface area contributed by atoms with Crippen LogP contribution in [0.25, 0.3) is 0 Å². The molecule has 118 valence electrons. The fraction of sp³-hybridized carbons (Fsp3) is 0.273. The van der Waals surface area contributed by atoms with E-state index in [1.54, 1.807) is 0 Å². The smallest absolute Gasteiger partial charge is 0.0380 e. The SMILES string of the molecule is CC1=C(C)C(C)(P(c2ccccc2)c2ccccc2)C(C)=C1C. The molecule has 0 atom stereocenters. The molecule has 0 radical (unpaired) electrons. The van der Waals surface area contributed by atoms with Gasteiger partial charge in [-0.25, -0.2) is 0 Å². The molecule has 0 unspecified atom stereocenters. The van der Waals surface area contributed by atoms with Gasteiger partial charge >= 0.3 is 0 Å². The maximum Gasteiger partial charge on any atom is 0.0380 e. The zero-order chi connectivity index (χ0) is 16.6. The Hall–Kier alpha value is -1.65. The minimum absolute atomic E-state index is 0.103. The molecule has 0 saturated heterocycles. The third kappa shape index (κ3) is 2.50. The van der Waals surface area contributed by atoms with Gasteiger partial charge < -0.3 is 0 Å². The van der Waals surface area contributed by atoms with Crippen molar-refractivity contribution in [1.82, 2.24) is 0 Å². The van der Waals surface area contributed by atoms with Crippen molar-refractivity contribution in [3.05, 3.63) is 83.0 Å². The van der Waals surface area contributed by atoms with E-state index in [9.17, 15) is 0 Å². The Balaban J connectivity index is 2.26. The quantitative estimate of drug-likeness (QED) is 0.649. The highest BCUT2D eigenvalue weighted by Crippen LogP contribution is 2.60. The lowest BCUT2D eigenvalue weighted by Gasteiger charge is -2.39. The molecule has 3 rings (SSSR count). The van der Waals surface area contributed by atoms with Crippen LogP contribution in [0.15, 0.2) is 83.0 Å². The summed E-state index contributed by atoms with van der Waals surface area (Å²) in [5, 5.41) is 3.02. The zero-order valence-electron chi connectivity index (χ0n) is 14.7. The normalized spacial score (nSPS) is 17.3. The lowest BCUT2D eigenvalue weighted by atomic mass is 9.98. The van der Waals surface area contributed by atoms with Crippen molar-refractivity contribution in [2.75, 3.05) is 0 Å². The van der Waals surface area contributed by atoms with E-state index in [0.29, 0.717) is 0 Å². The van der Waals surface area contributed by atoms with Crippen molar-refractivity contribution in [3.8, 4) is 0 Å². The molecule has 0 N–H and O–H groups in total. The Kier molecular flexibility index (Phi) is 4.30. The molecule has 0 aliphatic heterocycles. The maximum absolute atomic E-state index is 2.45. The van der Waals surface area contributed by atoms with Gasteiger partial charge in [0.1, 0.15) is 0 Å². The van der Waals surface area contributed by atoms with Crippen LogP contribution in [-0.2, 0) is 0 Å². The van der Waals surface area contributed by atoms with Gasteiger partial charge in [-0.05, 0) is 64.3 Å². The summed E-state index contributed by atoms with van der Waals surface area (Å²) in [5.41, 5.74) is 6.02. The van der Waals surface area contributed by atoms with E-state index < -0.39 is 7.92 Å². The van der Waals surface area contributed by atoms with Crippen molar-refractivity contribution in [2.24, 2.45) is 0 Å². The van der Waals surface area contributed by atoms with Crippen molar-refractivity contribution < 1.29 is 0 Å². The second-order valence-corrected chi connectivity index (χ2v) is 9.18. The highest BCUT2D eigenvalue weighted by atomic mass is 31.1. The first-order valence-electron chi connectivity index (χ1n) is 8.24. The molecular weight excluding hydrogens is 295 g/mol. The molecule has 1 aliphatic rings. The van der Waals surface area contributed by atoms with E-state index in [4.69, 9.17) is 0 Å². The van der Waals surface area contributed by atoms with E-state index in [0.717, 1.165) is 0 Å². The van der Waals surface area contributed by atoms with Crippen molar-refractivity contribution >= 4 is 18.5 Å². The number of rotatable bonds is 3. The predicted molar refractivity (Wildman–Crippen MR) is 104 cm³/mol. The lowest BCUT2D eigenvalue weighted by molar-refractivity contribution is 0.865. The van der Waals surface area contributed by atoms with E-state index in [1.165, 1.54) is 32.9 Å². The van der Waals surface area contributed by atoms with E-state index in [-0.39, 0.29) is 5.16 Å². The van der Waals surface area contributed by atoms with E-state index in [2.05, 4.69) is 95.3 Å². The first-order valence-corrected chi connectivity index (χ1v) is 9.58. The molecule has 23 heavy (non-hydrogen) atoms. The standard InChI is InChI=1S/C22H25P/c1-16-17(2)19(4)22(5,18(16)3)23(20-12-8-6-9-13-20)21-14-10-7-11-15-21/h6-15H,1-5H3. The lowest BCUT2D eigenvalue weighted by Crippen LogP contribution is -2.33. The molecule has 2 aromatic rings. The third-order valence-electron chi connectivity index (χ3n) is 5.62. The van der Waals surface area contributed by atoms with Crippen LogP contribution < -0.4 is 10.6 Å². The maximum atomic E-state index is 2.45. The van der Waals surface area contributed by atoms with Gasteiger partial charge in [0.2, 0.25) is 0 Å². The van der Waals surface area contributed by atoms with Gasteiger partial charge in [0.15, 0.2) is 0 Å². The fourth-order valence-electron chi connectivity index (χ4n) is 3.73. The molecule has 0 aromatic heterocycles. The van der Waals surface area contributed by atoms with Crippen LogP contribution in [-0.4, -0.2) is 5.16 Å². The summed E-state index contributed by atoms with van der Waals surface area (Å²) in [6.45, 7) is 11.7. The minimum Gasteiger partial charge on any atom is -0.0622 e. The van der Waals surface area contributed by atoms with Gasteiger partial charge in [0.05, 0.1) is 0 Å². The van der Waals surface area contributed by atoms with Crippen molar-refractivity contribution in [2.45, 2.75) is 39.8 Å². The van der Waals surface area contributed by atoms with Crippen LogP contribution >= 0.6 is 7.92 Å². The van der Waals surface area contributed by atoms with Gasteiger partial charge in [0.25, 0.3) is 0 Å². The predicted octanol–water partition coefficient (Wildman–Crippen LogP) is 5.56.